The molecule has 36 heavy (non-hydrogen) atoms. The molecule has 0 bridgehead atoms. The summed E-state index contributed by atoms with van der Waals surface area (Å²) in [4.78, 5) is 35.2. The lowest BCUT2D eigenvalue weighted by Crippen LogP contribution is -2.33. The number of rotatable bonds is 9. The Kier molecular flexibility index (Phi) is 8.64. The average Bonchev–Trinajstić information content (AvgIpc) is 3.01. The number of fused-ring (bicyclic) bond motifs is 1. The first-order chi connectivity index (χ1) is 17.3. The number of nitrogens with zero attached hydrogens (tertiary/aromatic N) is 3. The molecule has 2 heterocycles. The summed E-state index contributed by atoms with van der Waals surface area (Å²) in [5.41, 5.74) is 7.38. The zero-order chi connectivity index (χ0) is 25.7. The summed E-state index contributed by atoms with van der Waals surface area (Å²) in [6, 6.07) is 0. The van der Waals surface area contributed by atoms with Crippen molar-refractivity contribution in [1.29, 1.82) is 0 Å². The van der Waals surface area contributed by atoms with Crippen LogP contribution in [0.2, 0.25) is 0 Å². The number of carbonyl (C=O) groups is 2. The first-order valence-corrected chi connectivity index (χ1v) is 13.5. The van der Waals surface area contributed by atoms with Crippen molar-refractivity contribution in [3.8, 4) is 5.88 Å². The molecule has 1 aromatic rings. The Balaban J connectivity index is 1.37. The molecule has 0 spiro atoms. The van der Waals surface area contributed by atoms with E-state index in [0.717, 1.165) is 57.1 Å². The summed E-state index contributed by atoms with van der Waals surface area (Å²) in [7, 11) is 0. The third-order valence-corrected chi connectivity index (χ3v) is 7.78. The lowest BCUT2D eigenvalue weighted by molar-refractivity contribution is -0.138. The number of unbranched alkanes of at least 4 members (excludes halogenated alkanes) is 1. The molecule has 0 radical (unpaired) electrons. The van der Waals surface area contributed by atoms with Crippen LogP contribution in [0.25, 0.3) is 0 Å². The number of aromatic nitrogens is 2. The molecule has 4 rings (SSSR count). The molecular weight excluding hydrogens is 456 g/mol. The predicted octanol–water partition coefficient (Wildman–Crippen LogP) is 5.00. The number of nitrogens with two attached hydrogens (primary N) is 1. The van der Waals surface area contributed by atoms with Crippen LogP contribution in [0.5, 0.6) is 5.88 Å². The lowest BCUT2D eigenvalue weighted by Gasteiger charge is -2.33. The number of aliphatic carboxylic acids is 1. The number of carbonyl (C=O) groups excluding carboxylic acids is 1. The van der Waals surface area contributed by atoms with E-state index < -0.39 is 5.97 Å². The van der Waals surface area contributed by atoms with E-state index in [0.29, 0.717) is 48.5 Å². The van der Waals surface area contributed by atoms with Crippen LogP contribution in [0.15, 0.2) is 23.9 Å². The van der Waals surface area contributed by atoms with Crippen molar-refractivity contribution in [2.24, 2.45) is 23.7 Å². The van der Waals surface area contributed by atoms with E-state index in [-0.39, 0.29) is 23.7 Å². The van der Waals surface area contributed by atoms with Gasteiger partial charge in [0.25, 0.3) is 5.91 Å². The van der Waals surface area contributed by atoms with Crippen LogP contribution in [0.4, 0.5) is 5.82 Å². The minimum absolute atomic E-state index is 0.187. The second kappa shape index (κ2) is 11.9. The van der Waals surface area contributed by atoms with Crippen molar-refractivity contribution >= 4 is 17.7 Å². The number of ether oxygens (including phenoxy) is 1. The fourth-order valence-corrected chi connectivity index (χ4v) is 5.71. The topological polar surface area (TPSA) is 119 Å². The zero-order valence-corrected chi connectivity index (χ0v) is 21.6. The summed E-state index contributed by atoms with van der Waals surface area (Å²) in [5.74, 6) is 2.18. The van der Waals surface area contributed by atoms with Crippen molar-refractivity contribution in [3.05, 3.63) is 35.3 Å². The lowest BCUT2D eigenvalue weighted by atomic mass is 9.73. The molecule has 1 saturated carbocycles. The normalized spacial score (nSPS) is 24.2. The van der Waals surface area contributed by atoms with Crippen LogP contribution in [0, 0.1) is 23.7 Å². The monoisotopic (exact) mass is 496 g/mol. The molecule has 1 amide bonds. The Labute approximate surface area is 214 Å². The van der Waals surface area contributed by atoms with Gasteiger partial charge in [0.1, 0.15) is 23.8 Å². The Hall–Kier alpha value is -2.90. The summed E-state index contributed by atoms with van der Waals surface area (Å²) in [6.45, 7) is 5.21. The highest BCUT2D eigenvalue weighted by atomic mass is 16.5. The summed E-state index contributed by atoms with van der Waals surface area (Å²) >= 11 is 0. The average molecular weight is 497 g/mol. The van der Waals surface area contributed by atoms with E-state index in [9.17, 15) is 9.59 Å². The van der Waals surface area contributed by atoms with Gasteiger partial charge in [-0.2, -0.15) is 4.98 Å². The van der Waals surface area contributed by atoms with E-state index in [1.807, 2.05) is 6.08 Å². The molecule has 1 unspecified atom stereocenters. The van der Waals surface area contributed by atoms with Crippen molar-refractivity contribution in [1.82, 2.24) is 14.9 Å². The largest absolute Gasteiger partial charge is 0.481 e. The van der Waals surface area contributed by atoms with Gasteiger partial charge in [-0.3, -0.25) is 9.59 Å². The number of aryl methyl sites for hydroxylation is 1. The fraction of sp³-hybridized carbons (Fsp3) is 0.643. The van der Waals surface area contributed by atoms with Gasteiger partial charge in [-0.05, 0) is 68.3 Å². The molecule has 2 aliphatic carbocycles. The van der Waals surface area contributed by atoms with Gasteiger partial charge in [-0.25, -0.2) is 4.98 Å². The van der Waals surface area contributed by atoms with Crippen LogP contribution < -0.4 is 10.5 Å². The minimum atomic E-state index is -0.694. The maximum absolute atomic E-state index is 13.5. The number of carboxylic acids is 1. The molecule has 1 aromatic heterocycles. The number of amides is 1. The van der Waals surface area contributed by atoms with E-state index in [2.05, 4.69) is 36.0 Å². The van der Waals surface area contributed by atoms with Crippen molar-refractivity contribution < 1.29 is 19.4 Å². The van der Waals surface area contributed by atoms with Gasteiger partial charge in [0.05, 0.1) is 6.54 Å². The van der Waals surface area contributed by atoms with E-state index in [1.165, 1.54) is 6.42 Å². The second-order valence-electron chi connectivity index (χ2n) is 10.9. The van der Waals surface area contributed by atoms with Crippen LogP contribution in [-0.4, -0.2) is 45.0 Å². The Morgan fingerprint density at radius 2 is 2.00 bits per heavy atom. The third-order valence-electron chi connectivity index (χ3n) is 7.78. The van der Waals surface area contributed by atoms with Crippen molar-refractivity contribution in [3.63, 3.8) is 0 Å². The van der Waals surface area contributed by atoms with Gasteiger partial charge in [0.15, 0.2) is 0 Å². The molecule has 1 aliphatic heterocycles. The third kappa shape index (κ3) is 6.45. The maximum atomic E-state index is 13.5. The molecule has 8 nitrogen and oxygen atoms in total. The highest BCUT2D eigenvalue weighted by molar-refractivity contribution is 6.01. The Morgan fingerprint density at radius 3 is 2.67 bits per heavy atom. The van der Waals surface area contributed by atoms with Gasteiger partial charge in [0.2, 0.25) is 5.88 Å². The number of carboxylic acid groups (broad SMARTS) is 1. The van der Waals surface area contributed by atoms with Crippen LogP contribution in [-0.2, 0) is 11.2 Å². The molecule has 0 aromatic carbocycles. The SMILES string of the molecule is CC(C)CCCCc1nc(N)c2c(n1)OCCN(C1=CCC([C@H]3CC[C@H](CC(=O)O)CC3)C=C1)C2=O. The smallest absolute Gasteiger partial charge is 0.303 e. The highest BCUT2D eigenvalue weighted by Gasteiger charge is 2.32. The predicted molar refractivity (Wildman–Crippen MR) is 138 cm³/mol. The van der Waals surface area contributed by atoms with Gasteiger partial charge in [-0.1, -0.05) is 38.8 Å². The van der Waals surface area contributed by atoms with Gasteiger partial charge in [-0.15, -0.1) is 0 Å². The Morgan fingerprint density at radius 1 is 1.22 bits per heavy atom. The van der Waals surface area contributed by atoms with Crippen LogP contribution in [0.1, 0.15) is 87.8 Å². The van der Waals surface area contributed by atoms with E-state index >= 15 is 0 Å². The van der Waals surface area contributed by atoms with Gasteiger partial charge < -0.3 is 20.5 Å². The first-order valence-electron chi connectivity index (χ1n) is 13.5. The second-order valence-corrected chi connectivity index (χ2v) is 10.9. The maximum Gasteiger partial charge on any atom is 0.303 e. The zero-order valence-electron chi connectivity index (χ0n) is 21.6. The number of nitrogen functional groups attached to an aromatic ring is 1. The summed E-state index contributed by atoms with van der Waals surface area (Å²) in [5, 5.41) is 9.05. The van der Waals surface area contributed by atoms with Crippen LogP contribution >= 0.6 is 0 Å². The number of hydrogen-bond acceptors (Lipinski definition) is 6. The first kappa shape index (κ1) is 26.2. The number of anilines is 1. The van der Waals surface area contributed by atoms with E-state index in [1.54, 1.807) is 4.90 Å². The standard InChI is InChI=1S/C28H40N4O4/c1-18(2)5-3-4-6-23-30-26(29)25-27(31-23)36-16-15-32(28(25)35)22-13-11-21(12-14-22)20-9-7-19(8-10-20)17-24(33)34/h11,13-14,18-21H,3-10,12,15-17H2,1-2H3,(H,33,34)(H2,29,30,31)/t19-,20-,21?. The molecule has 8 heteroatoms. The van der Waals surface area contributed by atoms with Gasteiger partial charge in [0, 0.05) is 18.5 Å². The minimum Gasteiger partial charge on any atom is -0.481 e. The fourth-order valence-electron chi connectivity index (χ4n) is 5.71. The molecule has 1 atom stereocenters. The number of hydrogen-bond donors (Lipinski definition) is 2. The van der Waals surface area contributed by atoms with E-state index in [4.69, 9.17) is 15.6 Å². The summed E-state index contributed by atoms with van der Waals surface area (Å²) < 4.78 is 5.87. The molecular formula is C28H40N4O4. The molecule has 3 N–H and O–H groups in total. The molecule has 1 fully saturated rings. The molecule has 3 aliphatic rings. The van der Waals surface area contributed by atoms with Crippen LogP contribution in [0.3, 0.4) is 0 Å². The quantitative estimate of drug-likeness (QED) is 0.462. The number of allylic oxidation sites excluding steroid dienone is 3. The summed E-state index contributed by atoms with van der Waals surface area (Å²) in [6.07, 6.45) is 15.6. The molecule has 196 valence electrons. The van der Waals surface area contributed by atoms with Crippen molar-refractivity contribution in [2.45, 2.75) is 78.1 Å². The highest BCUT2D eigenvalue weighted by Crippen LogP contribution is 2.39. The van der Waals surface area contributed by atoms with Gasteiger partial charge >= 0.3 is 5.97 Å². The Bertz CT molecular complexity index is 1010. The molecule has 0 saturated heterocycles. The van der Waals surface area contributed by atoms with Crippen molar-refractivity contribution in [2.75, 3.05) is 18.9 Å².